The number of rotatable bonds is 4. The lowest BCUT2D eigenvalue weighted by molar-refractivity contribution is -0.137. The highest BCUT2D eigenvalue weighted by atomic mass is 19.4. The number of halogens is 3. The molecule has 1 amide bonds. The van der Waals surface area contributed by atoms with Crippen molar-refractivity contribution in [2.75, 3.05) is 13.1 Å². The van der Waals surface area contributed by atoms with E-state index in [0.717, 1.165) is 23.4 Å². The summed E-state index contributed by atoms with van der Waals surface area (Å²) in [5.74, 6) is 0.132. The fourth-order valence-electron chi connectivity index (χ4n) is 3.90. The predicted molar refractivity (Wildman–Crippen MR) is 117 cm³/mol. The van der Waals surface area contributed by atoms with E-state index in [0.29, 0.717) is 30.8 Å². The van der Waals surface area contributed by atoms with Gasteiger partial charge in [-0.1, -0.05) is 32.1 Å². The second kappa shape index (κ2) is 8.73. The summed E-state index contributed by atoms with van der Waals surface area (Å²) in [5.41, 5.74) is 2.27. The van der Waals surface area contributed by atoms with Gasteiger partial charge in [-0.3, -0.25) is 4.79 Å². The van der Waals surface area contributed by atoms with Gasteiger partial charge >= 0.3 is 6.18 Å². The Labute approximate surface area is 189 Å². The molecule has 0 spiro atoms. The van der Waals surface area contributed by atoms with Crippen LogP contribution in [0.5, 0.6) is 5.75 Å². The smallest absolute Gasteiger partial charge is 0.417 e. The summed E-state index contributed by atoms with van der Waals surface area (Å²) in [6, 6.07) is 9.16. The van der Waals surface area contributed by atoms with Gasteiger partial charge in [0.2, 0.25) is 0 Å². The van der Waals surface area contributed by atoms with Crippen LogP contribution in [-0.2, 0) is 6.18 Å². The molecular formula is C24H23F3N4O2. The lowest BCUT2D eigenvalue weighted by Crippen LogP contribution is -2.35. The molecular weight excluding hydrogens is 433 g/mol. The first-order valence-electron chi connectivity index (χ1n) is 10.5. The molecule has 0 radical (unpaired) electrons. The summed E-state index contributed by atoms with van der Waals surface area (Å²) in [4.78, 5) is 18.9. The van der Waals surface area contributed by atoms with Crippen LogP contribution in [0.25, 0.3) is 11.4 Å². The summed E-state index contributed by atoms with van der Waals surface area (Å²) in [6.45, 7) is 4.74. The molecule has 0 bridgehead atoms. The van der Waals surface area contributed by atoms with Crippen LogP contribution >= 0.6 is 0 Å². The van der Waals surface area contributed by atoms with Gasteiger partial charge in [-0.05, 0) is 47.7 Å². The number of nitrogens with zero attached hydrogens (tertiary/aromatic N) is 4. The molecule has 33 heavy (non-hydrogen) atoms. The van der Waals surface area contributed by atoms with Gasteiger partial charge in [-0.15, -0.1) is 0 Å². The second-order valence-electron chi connectivity index (χ2n) is 8.19. The second-order valence-corrected chi connectivity index (χ2v) is 8.19. The number of pyridine rings is 1. The number of hydrogen-bond donors (Lipinski definition) is 1. The Morgan fingerprint density at radius 2 is 1.82 bits per heavy atom. The van der Waals surface area contributed by atoms with Gasteiger partial charge in [0.15, 0.2) is 5.82 Å². The third-order valence-corrected chi connectivity index (χ3v) is 5.61. The Kier molecular flexibility index (Phi) is 5.97. The van der Waals surface area contributed by atoms with Crippen molar-refractivity contribution in [2.24, 2.45) is 0 Å². The van der Waals surface area contributed by atoms with Crippen LogP contribution < -0.4 is 0 Å². The zero-order valence-electron chi connectivity index (χ0n) is 18.2. The highest BCUT2D eigenvalue weighted by molar-refractivity contribution is 5.96. The average Bonchev–Trinajstić information content (AvgIpc) is 3.24. The minimum atomic E-state index is -4.47. The van der Waals surface area contributed by atoms with Crippen molar-refractivity contribution >= 4 is 11.5 Å². The van der Waals surface area contributed by atoms with Crippen LogP contribution in [0.3, 0.4) is 0 Å². The molecule has 0 saturated carbocycles. The fraction of sp³-hybridized carbons (Fsp3) is 0.292. The van der Waals surface area contributed by atoms with Crippen LogP contribution in [0.4, 0.5) is 13.2 Å². The number of carbonyl (C=O) groups excluding carboxylic acids is 1. The van der Waals surface area contributed by atoms with Crippen LogP contribution in [0.15, 0.2) is 54.9 Å². The van der Waals surface area contributed by atoms with Gasteiger partial charge in [0.25, 0.3) is 5.91 Å². The summed E-state index contributed by atoms with van der Waals surface area (Å²) in [7, 11) is 0. The highest BCUT2D eigenvalue weighted by Gasteiger charge is 2.31. The maximum Gasteiger partial charge on any atom is 0.417 e. The number of benzene rings is 1. The number of carbonyl (C=O) groups is 1. The van der Waals surface area contributed by atoms with E-state index in [-0.39, 0.29) is 23.4 Å². The molecule has 1 aliphatic rings. The highest BCUT2D eigenvalue weighted by Crippen LogP contribution is 2.30. The lowest BCUT2D eigenvalue weighted by Gasteiger charge is -2.27. The van der Waals surface area contributed by atoms with E-state index < -0.39 is 11.7 Å². The van der Waals surface area contributed by atoms with E-state index >= 15 is 0 Å². The average molecular weight is 456 g/mol. The van der Waals surface area contributed by atoms with Gasteiger partial charge in [-0.25, -0.2) is 9.67 Å². The Balaban J connectivity index is 1.58. The molecule has 172 valence electrons. The molecule has 1 aliphatic heterocycles. The van der Waals surface area contributed by atoms with Crippen molar-refractivity contribution in [3.8, 4) is 11.6 Å². The molecule has 6 nitrogen and oxygen atoms in total. The van der Waals surface area contributed by atoms with E-state index in [4.69, 9.17) is 0 Å². The number of alkyl halides is 3. The lowest BCUT2D eigenvalue weighted by atomic mass is 9.98. The van der Waals surface area contributed by atoms with Crippen LogP contribution in [0.1, 0.15) is 53.4 Å². The van der Waals surface area contributed by atoms with Crippen molar-refractivity contribution in [3.63, 3.8) is 0 Å². The minimum Gasteiger partial charge on any atom is -0.508 e. The number of phenolic OH excluding ortho intramolecular Hbond substituents is 1. The first-order chi connectivity index (χ1) is 15.6. The van der Waals surface area contributed by atoms with Crippen LogP contribution in [-0.4, -0.2) is 43.8 Å². The predicted octanol–water partition coefficient (Wildman–Crippen LogP) is 5.04. The molecule has 1 aromatic carbocycles. The third-order valence-electron chi connectivity index (χ3n) is 5.61. The maximum atomic E-state index is 13.3. The van der Waals surface area contributed by atoms with Gasteiger partial charge in [0.1, 0.15) is 5.75 Å². The summed E-state index contributed by atoms with van der Waals surface area (Å²) in [6.07, 6.45) is 0.407. The van der Waals surface area contributed by atoms with E-state index in [1.54, 1.807) is 17.0 Å². The zero-order chi connectivity index (χ0) is 23.8. The summed E-state index contributed by atoms with van der Waals surface area (Å²) >= 11 is 0. The SMILES string of the molecule is CC(C)c1c(C(=O)N2CC=C(c3ccc(O)cc3)CC2)cnn1-c1ccc(C(F)(F)F)cn1. The van der Waals surface area contributed by atoms with Crippen molar-refractivity contribution in [1.82, 2.24) is 19.7 Å². The van der Waals surface area contributed by atoms with Crippen LogP contribution in [0, 0.1) is 0 Å². The number of phenols is 1. The third kappa shape index (κ3) is 4.62. The van der Waals surface area contributed by atoms with Crippen molar-refractivity contribution in [2.45, 2.75) is 32.4 Å². The number of aromatic hydroxyl groups is 1. The quantitative estimate of drug-likeness (QED) is 0.597. The number of hydrogen-bond acceptors (Lipinski definition) is 4. The Morgan fingerprint density at radius 1 is 1.09 bits per heavy atom. The van der Waals surface area contributed by atoms with Gasteiger partial charge in [0.05, 0.1) is 23.0 Å². The molecule has 0 unspecified atom stereocenters. The molecule has 0 fully saturated rings. The minimum absolute atomic E-state index is 0.108. The molecule has 3 heterocycles. The zero-order valence-corrected chi connectivity index (χ0v) is 18.2. The Hall–Kier alpha value is -3.62. The van der Waals surface area contributed by atoms with Crippen molar-refractivity contribution < 1.29 is 23.1 Å². The topological polar surface area (TPSA) is 71.2 Å². The fourth-order valence-corrected chi connectivity index (χ4v) is 3.90. The first-order valence-corrected chi connectivity index (χ1v) is 10.5. The molecule has 9 heteroatoms. The van der Waals surface area contributed by atoms with Crippen molar-refractivity contribution in [1.29, 1.82) is 0 Å². The molecule has 4 rings (SSSR count). The molecule has 2 aromatic heterocycles. The van der Waals surface area contributed by atoms with Gasteiger partial charge < -0.3 is 10.0 Å². The van der Waals surface area contributed by atoms with E-state index in [1.165, 1.54) is 16.9 Å². The normalized spacial score (nSPS) is 14.5. The van der Waals surface area contributed by atoms with Gasteiger partial charge in [0, 0.05) is 19.3 Å². The molecule has 1 N–H and O–H groups in total. The number of amides is 1. The molecule has 0 saturated heterocycles. The van der Waals surface area contributed by atoms with Crippen LogP contribution in [0.2, 0.25) is 0 Å². The Morgan fingerprint density at radius 3 is 2.36 bits per heavy atom. The summed E-state index contributed by atoms with van der Waals surface area (Å²) < 4.78 is 40.0. The number of aromatic nitrogens is 3. The van der Waals surface area contributed by atoms with Crippen molar-refractivity contribution in [3.05, 3.63) is 77.3 Å². The molecule has 0 atom stereocenters. The molecule has 0 aliphatic carbocycles. The van der Waals surface area contributed by atoms with E-state index in [9.17, 15) is 23.1 Å². The largest absolute Gasteiger partial charge is 0.508 e. The standard InChI is InChI=1S/C24H23F3N4O2/c1-15(2)22-20(14-29-31(22)21-8-5-18(13-28-21)24(25,26)27)23(33)30-11-9-17(10-12-30)16-3-6-19(32)7-4-16/h3-9,13-15,32H,10-12H2,1-2H3. The first kappa shape index (κ1) is 22.6. The maximum absolute atomic E-state index is 13.3. The Bertz CT molecular complexity index is 1180. The van der Waals surface area contributed by atoms with E-state index in [2.05, 4.69) is 10.1 Å². The van der Waals surface area contributed by atoms with E-state index in [1.807, 2.05) is 32.1 Å². The summed E-state index contributed by atoms with van der Waals surface area (Å²) in [5, 5.41) is 13.7. The molecule has 3 aromatic rings. The monoisotopic (exact) mass is 456 g/mol. The van der Waals surface area contributed by atoms with Gasteiger partial charge in [-0.2, -0.15) is 18.3 Å².